The predicted octanol–water partition coefficient (Wildman–Crippen LogP) is 3.10. The van der Waals surface area contributed by atoms with E-state index in [-0.39, 0.29) is 0 Å². The Bertz CT molecular complexity index is 777. The fraction of sp³-hybridized carbons (Fsp3) is 0.294. The van der Waals surface area contributed by atoms with E-state index in [1.807, 2.05) is 44.3 Å². The molecule has 0 unspecified atom stereocenters. The van der Waals surface area contributed by atoms with E-state index in [4.69, 9.17) is 10.5 Å². The minimum atomic E-state index is 0.648. The normalized spacial score (nSPS) is 11.0. The zero-order valence-corrected chi connectivity index (χ0v) is 12.9. The first-order chi connectivity index (χ1) is 10.6. The smallest absolute Gasteiger partial charge is 0.159 e. The summed E-state index contributed by atoms with van der Waals surface area (Å²) in [4.78, 5) is 9.06. The van der Waals surface area contributed by atoms with Crippen molar-refractivity contribution in [1.82, 2.24) is 14.5 Å². The molecule has 114 valence electrons. The number of aromatic nitrogens is 3. The average Bonchev–Trinajstić information content (AvgIpc) is 2.80. The first kappa shape index (κ1) is 14.4. The van der Waals surface area contributed by atoms with E-state index in [2.05, 4.69) is 20.6 Å². The van der Waals surface area contributed by atoms with Crippen LogP contribution in [0.15, 0.2) is 36.5 Å². The first-order valence-corrected chi connectivity index (χ1v) is 7.41. The monoisotopic (exact) mass is 296 g/mol. The maximum absolute atomic E-state index is 5.72. The minimum Gasteiger partial charge on any atom is -0.494 e. The molecule has 2 N–H and O–H groups in total. The second kappa shape index (κ2) is 6.05. The third-order valence-electron chi connectivity index (χ3n) is 3.59. The van der Waals surface area contributed by atoms with E-state index in [9.17, 15) is 0 Å². The van der Waals surface area contributed by atoms with Gasteiger partial charge in [-0.3, -0.25) is 0 Å². The second-order valence-corrected chi connectivity index (χ2v) is 5.44. The van der Waals surface area contributed by atoms with Gasteiger partial charge in [-0.05, 0) is 56.2 Å². The maximum Gasteiger partial charge on any atom is 0.159 e. The molecular weight excluding hydrogens is 276 g/mol. The van der Waals surface area contributed by atoms with Crippen molar-refractivity contribution in [2.75, 3.05) is 12.3 Å². The molecule has 0 bridgehead atoms. The number of anilines is 1. The van der Waals surface area contributed by atoms with Crippen molar-refractivity contribution in [3.63, 3.8) is 0 Å². The zero-order chi connectivity index (χ0) is 15.5. The van der Waals surface area contributed by atoms with Crippen molar-refractivity contribution in [2.45, 2.75) is 26.8 Å². The Morgan fingerprint density at radius 1 is 1.18 bits per heavy atom. The van der Waals surface area contributed by atoms with E-state index < -0.39 is 0 Å². The number of rotatable bonds is 5. The summed E-state index contributed by atoms with van der Waals surface area (Å²) < 4.78 is 7.86. The molecule has 0 saturated carbocycles. The first-order valence-electron chi connectivity index (χ1n) is 7.41. The predicted molar refractivity (Wildman–Crippen MR) is 88.0 cm³/mol. The molecule has 0 aliphatic carbocycles. The Kier molecular flexibility index (Phi) is 3.96. The average molecular weight is 296 g/mol. The summed E-state index contributed by atoms with van der Waals surface area (Å²) in [7, 11) is 0. The number of ether oxygens (including phenoxy) is 1. The summed E-state index contributed by atoms with van der Waals surface area (Å²) in [6, 6.07) is 9.52. The van der Waals surface area contributed by atoms with Crippen molar-refractivity contribution in [3.05, 3.63) is 47.9 Å². The lowest BCUT2D eigenvalue weighted by molar-refractivity contribution is 0.302. The van der Waals surface area contributed by atoms with Gasteiger partial charge >= 0.3 is 0 Å². The van der Waals surface area contributed by atoms with Gasteiger partial charge in [0.25, 0.3) is 0 Å². The number of benzene rings is 1. The summed E-state index contributed by atoms with van der Waals surface area (Å²) in [5.41, 5.74) is 9.42. The van der Waals surface area contributed by atoms with E-state index in [1.54, 1.807) is 0 Å². The molecule has 0 saturated heterocycles. The van der Waals surface area contributed by atoms with Crippen LogP contribution in [0.1, 0.15) is 17.8 Å². The third kappa shape index (κ3) is 3.03. The number of nitrogens with two attached hydrogens (primary N) is 1. The Hall–Kier alpha value is -2.56. The number of hydrogen-bond donors (Lipinski definition) is 1. The van der Waals surface area contributed by atoms with E-state index in [1.165, 1.54) is 0 Å². The molecule has 2 aromatic heterocycles. The number of hydrogen-bond acceptors (Lipinski definition) is 4. The summed E-state index contributed by atoms with van der Waals surface area (Å²) in [5, 5.41) is 0. The third-order valence-corrected chi connectivity index (χ3v) is 3.59. The quantitative estimate of drug-likeness (QED) is 0.580. The molecule has 1 aromatic carbocycles. The van der Waals surface area contributed by atoms with Crippen LogP contribution in [0.5, 0.6) is 5.75 Å². The molecule has 0 fully saturated rings. The highest BCUT2D eigenvalue weighted by Crippen LogP contribution is 2.16. The Morgan fingerprint density at radius 3 is 2.73 bits per heavy atom. The van der Waals surface area contributed by atoms with Gasteiger partial charge in [0.1, 0.15) is 17.1 Å². The molecule has 5 heteroatoms. The fourth-order valence-electron chi connectivity index (χ4n) is 2.47. The van der Waals surface area contributed by atoms with Crippen LogP contribution < -0.4 is 10.5 Å². The summed E-state index contributed by atoms with van der Waals surface area (Å²) in [5.74, 6) is 1.83. The Labute approximate surface area is 129 Å². The molecule has 3 rings (SSSR count). The van der Waals surface area contributed by atoms with E-state index >= 15 is 0 Å². The molecule has 0 radical (unpaired) electrons. The van der Waals surface area contributed by atoms with Gasteiger partial charge in [0.05, 0.1) is 6.61 Å². The number of fused-ring (bicyclic) bond motifs is 1. The van der Waals surface area contributed by atoms with E-state index in [0.29, 0.717) is 6.61 Å². The lowest BCUT2D eigenvalue weighted by Crippen LogP contribution is -2.06. The molecule has 0 aliphatic heterocycles. The van der Waals surface area contributed by atoms with Crippen LogP contribution in [0, 0.1) is 13.8 Å². The van der Waals surface area contributed by atoms with Gasteiger partial charge < -0.3 is 15.0 Å². The summed E-state index contributed by atoms with van der Waals surface area (Å²) in [6.07, 6.45) is 2.77. The molecular formula is C17H20N4O. The van der Waals surface area contributed by atoms with Gasteiger partial charge in [-0.2, -0.15) is 0 Å². The number of pyridine rings is 1. The molecule has 0 atom stereocenters. The number of aryl methyl sites for hydroxylation is 3. The summed E-state index contributed by atoms with van der Waals surface area (Å²) in [6.45, 7) is 5.53. The van der Waals surface area contributed by atoms with Crippen molar-refractivity contribution >= 4 is 16.9 Å². The Morgan fingerprint density at radius 2 is 1.95 bits per heavy atom. The highest BCUT2D eigenvalue weighted by Gasteiger charge is 2.08. The Balaban J connectivity index is 1.62. The topological polar surface area (TPSA) is 66.0 Å². The standard InChI is InChI=1S/C17H20N4O/c1-12-10-16-17(19-11-12)21(13(2)20-16)8-3-9-22-15-6-4-14(18)5-7-15/h4-7,10-11H,3,8-9,18H2,1-2H3. The van der Waals surface area contributed by atoms with Crippen molar-refractivity contribution in [2.24, 2.45) is 0 Å². The summed E-state index contributed by atoms with van der Waals surface area (Å²) >= 11 is 0. The van der Waals surface area contributed by atoms with Crippen molar-refractivity contribution < 1.29 is 4.74 Å². The van der Waals surface area contributed by atoms with Crippen LogP contribution in [0.2, 0.25) is 0 Å². The molecule has 3 aromatic rings. The highest BCUT2D eigenvalue weighted by atomic mass is 16.5. The van der Waals surface area contributed by atoms with Gasteiger partial charge in [0.15, 0.2) is 5.65 Å². The lowest BCUT2D eigenvalue weighted by atomic mass is 10.3. The van der Waals surface area contributed by atoms with Crippen molar-refractivity contribution in [1.29, 1.82) is 0 Å². The largest absolute Gasteiger partial charge is 0.494 e. The molecule has 2 heterocycles. The second-order valence-electron chi connectivity index (χ2n) is 5.44. The van der Waals surface area contributed by atoms with Gasteiger partial charge in [-0.1, -0.05) is 0 Å². The zero-order valence-electron chi connectivity index (χ0n) is 12.9. The molecule has 0 spiro atoms. The molecule has 0 aliphatic rings. The van der Waals surface area contributed by atoms with E-state index in [0.717, 1.165) is 47.0 Å². The maximum atomic E-state index is 5.72. The minimum absolute atomic E-state index is 0.648. The number of nitrogens with zero attached hydrogens (tertiary/aromatic N) is 3. The molecule has 0 amide bonds. The number of imidazole rings is 1. The van der Waals surface area contributed by atoms with Crippen LogP contribution in [-0.2, 0) is 6.54 Å². The van der Waals surface area contributed by atoms with Crippen molar-refractivity contribution in [3.8, 4) is 5.75 Å². The van der Waals surface area contributed by atoms with Gasteiger partial charge in [0.2, 0.25) is 0 Å². The SMILES string of the molecule is Cc1cnc2c(c1)nc(C)n2CCCOc1ccc(N)cc1. The van der Waals surface area contributed by atoms with Gasteiger partial charge in [-0.25, -0.2) is 9.97 Å². The van der Waals surface area contributed by atoms with Crippen LogP contribution in [0.4, 0.5) is 5.69 Å². The lowest BCUT2D eigenvalue weighted by Gasteiger charge is -2.08. The highest BCUT2D eigenvalue weighted by molar-refractivity contribution is 5.72. The van der Waals surface area contributed by atoms with Crippen LogP contribution in [-0.4, -0.2) is 21.1 Å². The molecule has 22 heavy (non-hydrogen) atoms. The molecule has 5 nitrogen and oxygen atoms in total. The number of nitrogen functional groups attached to an aromatic ring is 1. The van der Waals surface area contributed by atoms with Crippen LogP contribution in [0.25, 0.3) is 11.2 Å². The van der Waals surface area contributed by atoms with Crippen LogP contribution >= 0.6 is 0 Å². The fourth-order valence-corrected chi connectivity index (χ4v) is 2.47. The van der Waals surface area contributed by atoms with Gasteiger partial charge in [-0.15, -0.1) is 0 Å². The van der Waals surface area contributed by atoms with Crippen LogP contribution in [0.3, 0.4) is 0 Å². The van der Waals surface area contributed by atoms with Gasteiger partial charge in [0, 0.05) is 18.4 Å².